The summed E-state index contributed by atoms with van der Waals surface area (Å²) in [6.45, 7) is 1.13. The number of methoxy groups -OCH3 is 2. The van der Waals surface area contributed by atoms with Crippen molar-refractivity contribution in [3.8, 4) is 5.75 Å². The summed E-state index contributed by atoms with van der Waals surface area (Å²) in [7, 11) is 3.09. The highest BCUT2D eigenvalue weighted by molar-refractivity contribution is 9.10. The first-order valence-electron chi connectivity index (χ1n) is 10.8. The number of para-hydroxylation sites is 1. The molecule has 0 saturated carbocycles. The average molecular weight is 541 g/mol. The van der Waals surface area contributed by atoms with Gasteiger partial charge < -0.3 is 30.7 Å². The number of hydrogen-bond donors (Lipinski definition) is 3. The monoisotopic (exact) mass is 540 g/mol. The quantitative estimate of drug-likeness (QED) is 0.396. The summed E-state index contributed by atoms with van der Waals surface area (Å²) < 4.78 is 11.4. The first-order valence-corrected chi connectivity index (χ1v) is 11.6. The van der Waals surface area contributed by atoms with Gasteiger partial charge in [-0.2, -0.15) is 4.98 Å². The van der Waals surface area contributed by atoms with Crippen LogP contribution < -0.4 is 21.1 Å². The van der Waals surface area contributed by atoms with Crippen molar-refractivity contribution < 1.29 is 19.1 Å². The van der Waals surface area contributed by atoms with Crippen molar-refractivity contribution in [1.82, 2.24) is 14.9 Å². The van der Waals surface area contributed by atoms with E-state index in [0.29, 0.717) is 36.6 Å². The van der Waals surface area contributed by atoms with Gasteiger partial charge in [0, 0.05) is 30.9 Å². The Morgan fingerprint density at radius 1 is 1.14 bits per heavy atom. The summed E-state index contributed by atoms with van der Waals surface area (Å²) >= 11 is 3.48. The van der Waals surface area contributed by atoms with E-state index in [1.54, 1.807) is 12.0 Å². The lowest BCUT2D eigenvalue weighted by atomic mass is 9.98. The highest BCUT2D eigenvalue weighted by atomic mass is 79.9. The summed E-state index contributed by atoms with van der Waals surface area (Å²) in [6, 6.07) is 11.3. The maximum absolute atomic E-state index is 12.3. The van der Waals surface area contributed by atoms with Gasteiger partial charge >= 0.3 is 0 Å². The molecule has 2 amide bonds. The van der Waals surface area contributed by atoms with Crippen molar-refractivity contribution in [3.05, 3.63) is 63.8 Å². The lowest BCUT2D eigenvalue weighted by Crippen LogP contribution is -2.38. The predicted octanol–water partition coefficient (Wildman–Crippen LogP) is 3.36. The molecule has 1 aliphatic heterocycles. The zero-order valence-electron chi connectivity index (χ0n) is 19.3. The number of hydrogen-bond acceptors (Lipinski definition) is 8. The van der Waals surface area contributed by atoms with Gasteiger partial charge in [-0.25, -0.2) is 4.98 Å². The number of primary amides is 1. The number of fused-ring (bicyclic) bond motifs is 1. The summed E-state index contributed by atoms with van der Waals surface area (Å²) in [5.74, 6) is 0.402. The number of amides is 2. The molecule has 182 valence electrons. The molecule has 1 aromatic heterocycles. The van der Waals surface area contributed by atoms with E-state index in [0.717, 1.165) is 15.6 Å². The number of nitrogens with one attached hydrogen (secondary N) is 2. The largest absolute Gasteiger partial charge is 0.495 e. The molecule has 2 heterocycles. The first kappa shape index (κ1) is 24.4. The predicted molar refractivity (Wildman–Crippen MR) is 135 cm³/mol. The third-order valence-electron chi connectivity index (χ3n) is 5.58. The zero-order valence-corrected chi connectivity index (χ0v) is 20.9. The van der Waals surface area contributed by atoms with Crippen LogP contribution in [0, 0.1) is 0 Å². The second-order valence-electron chi connectivity index (χ2n) is 7.87. The van der Waals surface area contributed by atoms with E-state index in [9.17, 15) is 9.59 Å². The van der Waals surface area contributed by atoms with Gasteiger partial charge in [0.2, 0.25) is 11.9 Å². The molecule has 1 aliphatic rings. The van der Waals surface area contributed by atoms with E-state index in [-0.39, 0.29) is 29.8 Å². The smallest absolute Gasteiger partial charge is 0.254 e. The Hall–Kier alpha value is -3.70. The first-order chi connectivity index (χ1) is 16.9. The fourth-order valence-electron chi connectivity index (χ4n) is 3.81. The maximum atomic E-state index is 12.3. The van der Waals surface area contributed by atoms with E-state index in [1.807, 2.05) is 36.4 Å². The molecule has 0 fully saturated rings. The third-order valence-corrected chi connectivity index (χ3v) is 6.27. The minimum atomic E-state index is -0.654. The van der Waals surface area contributed by atoms with Gasteiger partial charge in [0.25, 0.3) is 5.91 Å². The molecule has 4 N–H and O–H groups in total. The Labute approximate surface area is 211 Å². The molecular weight excluding hydrogens is 516 g/mol. The standard InChI is InChI=1S/C24H25BrN6O4/c1-34-13-21(32)31-8-7-14-10-20(35-2)19(9-15(14)12-31)29-24-27-11-16(22(26)33)23(30-24)28-18-6-4-3-5-17(18)25/h3-6,9-11H,7-8,12-13H2,1-2H3,(H2,26,33)(H2,27,28,29,30). The summed E-state index contributed by atoms with van der Waals surface area (Å²) in [5.41, 5.74) is 9.13. The van der Waals surface area contributed by atoms with Crippen LogP contribution >= 0.6 is 15.9 Å². The minimum Gasteiger partial charge on any atom is -0.495 e. The van der Waals surface area contributed by atoms with Gasteiger partial charge in [-0.05, 0) is 57.7 Å². The number of carbonyl (C=O) groups is 2. The van der Waals surface area contributed by atoms with Crippen molar-refractivity contribution >= 4 is 50.9 Å². The molecule has 0 atom stereocenters. The third kappa shape index (κ3) is 5.52. The average Bonchev–Trinajstić information content (AvgIpc) is 2.85. The van der Waals surface area contributed by atoms with Gasteiger partial charge in [0.05, 0.1) is 18.5 Å². The Kier molecular flexibility index (Phi) is 7.47. The SMILES string of the molecule is COCC(=O)N1CCc2cc(OC)c(Nc3ncc(C(N)=O)c(Nc4ccccc4Br)n3)cc2C1. The maximum Gasteiger partial charge on any atom is 0.254 e. The van der Waals surface area contributed by atoms with Crippen LogP contribution in [0.25, 0.3) is 0 Å². The lowest BCUT2D eigenvalue weighted by molar-refractivity contribution is -0.136. The normalized spacial score (nSPS) is 12.6. The van der Waals surface area contributed by atoms with Gasteiger partial charge in [-0.3, -0.25) is 9.59 Å². The second kappa shape index (κ2) is 10.7. The van der Waals surface area contributed by atoms with Gasteiger partial charge in [-0.15, -0.1) is 0 Å². The Morgan fingerprint density at radius 2 is 1.94 bits per heavy atom. The van der Waals surface area contributed by atoms with Gasteiger partial charge in [0.1, 0.15) is 23.7 Å². The molecule has 0 saturated heterocycles. The van der Waals surface area contributed by atoms with Crippen molar-refractivity contribution in [2.24, 2.45) is 5.73 Å². The van der Waals surface area contributed by atoms with Crippen molar-refractivity contribution in [1.29, 1.82) is 0 Å². The number of nitrogens with zero attached hydrogens (tertiary/aromatic N) is 3. The van der Waals surface area contributed by atoms with Crippen LogP contribution in [0.15, 0.2) is 47.1 Å². The zero-order chi connectivity index (χ0) is 24.9. The molecule has 0 aliphatic carbocycles. The highest BCUT2D eigenvalue weighted by Gasteiger charge is 2.23. The molecule has 35 heavy (non-hydrogen) atoms. The number of carbonyl (C=O) groups excluding carboxylic acids is 2. The van der Waals surface area contributed by atoms with Gasteiger partial charge in [-0.1, -0.05) is 12.1 Å². The van der Waals surface area contributed by atoms with Gasteiger partial charge in [0.15, 0.2) is 0 Å². The Bertz CT molecular complexity index is 1270. The van der Waals surface area contributed by atoms with E-state index in [4.69, 9.17) is 15.2 Å². The molecule has 3 aromatic rings. The summed E-state index contributed by atoms with van der Waals surface area (Å²) in [4.78, 5) is 34.8. The topological polar surface area (TPSA) is 132 Å². The molecule has 11 heteroatoms. The number of ether oxygens (including phenoxy) is 2. The minimum absolute atomic E-state index is 0.0456. The molecule has 4 rings (SSSR count). The van der Waals surface area contributed by atoms with Crippen LogP contribution in [0.5, 0.6) is 5.75 Å². The fourth-order valence-corrected chi connectivity index (χ4v) is 4.19. The van der Waals surface area contributed by atoms with Crippen LogP contribution in [0.2, 0.25) is 0 Å². The van der Waals surface area contributed by atoms with Crippen LogP contribution in [0.3, 0.4) is 0 Å². The Balaban J connectivity index is 1.64. The van der Waals surface area contributed by atoms with Crippen LogP contribution in [0.1, 0.15) is 21.5 Å². The number of anilines is 4. The summed E-state index contributed by atoms with van der Waals surface area (Å²) in [6.07, 6.45) is 2.08. The van der Waals surface area contributed by atoms with Crippen LogP contribution in [0.4, 0.5) is 23.1 Å². The molecule has 2 aromatic carbocycles. The molecule has 0 spiro atoms. The van der Waals surface area contributed by atoms with Crippen LogP contribution in [-0.4, -0.2) is 54.1 Å². The van der Waals surface area contributed by atoms with E-state index >= 15 is 0 Å². The van der Waals surface area contributed by atoms with Crippen LogP contribution in [-0.2, 0) is 22.5 Å². The highest BCUT2D eigenvalue weighted by Crippen LogP contribution is 2.34. The second-order valence-corrected chi connectivity index (χ2v) is 8.72. The number of rotatable bonds is 8. The van der Waals surface area contributed by atoms with Crippen molar-refractivity contribution in [2.75, 3.05) is 38.0 Å². The van der Waals surface area contributed by atoms with Crippen molar-refractivity contribution in [2.45, 2.75) is 13.0 Å². The molecule has 10 nitrogen and oxygen atoms in total. The summed E-state index contributed by atoms with van der Waals surface area (Å²) in [5, 5.41) is 6.30. The number of nitrogens with two attached hydrogens (primary N) is 1. The number of benzene rings is 2. The lowest BCUT2D eigenvalue weighted by Gasteiger charge is -2.29. The molecular formula is C24H25BrN6O4. The fraction of sp³-hybridized carbons (Fsp3) is 0.250. The molecule has 0 radical (unpaired) electrons. The van der Waals surface area contributed by atoms with Crippen molar-refractivity contribution in [3.63, 3.8) is 0 Å². The number of aromatic nitrogens is 2. The number of halogens is 1. The Morgan fingerprint density at radius 3 is 2.66 bits per heavy atom. The molecule has 0 bridgehead atoms. The van der Waals surface area contributed by atoms with E-state index < -0.39 is 5.91 Å². The molecule has 0 unspecified atom stereocenters. The van der Waals surface area contributed by atoms with E-state index in [2.05, 4.69) is 36.5 Å². The van der Waals surface area contributed by atoms with E-state index in [1.165, 1.54) is 13.3 Å².